The molecule has 1 amide bonds. The molecule has 0 saturated carbocycles. The number of amides is 1. The van der Waals surface area contributed by atoms with Crippen LogP contribution in [-0.2, 0) is 6.54 Å². The molecule has 4 aromatic heterocycles. The third-order valence-electron chi connectivity index (χ3n) is 5.64. The van der Waals surface area contributed by atoms with Crippen LogP contribution in [0.25, 0.3) is 17.1 Å². The van der Waals surface area contributed by atoms with Crippen molar-refractivity contribution in [2.24, 2.45) is 0 Å². The molecule has 1 atom stereocenters. The van der Waals surface area contributed by atoms with Crippen LogP contribution < -0.4 is 0 Å². The van der Waals surface area contributed by atoms with Crippen molar-refractivity contribution in [3.8, 4) is 17.1 Å². The van der Waals surface area contributed by atoms with Crippen LogP contribution in [0.1, 0.15) is 35.4 Å². The molecule has 0 unspecified atom stereocenters. The molecular weight excluding hydrogens is 425 g/mol. The van der Waals surface area contributed by atoms with Gasteiger partial charge in [0.1, 0.15) is 17.2 Å². The Labute approximate surface area is 189 Å². The van der Waals surface area contributed by atoms with Crippen LogP contribution >= 0.6 is 0 Å². The van der Waals surface area contributed by atoms with Gasteiger partial charge in [-0.25, -0.2) is 9.37 Å². The van der Waals surface area contributed by atoms with Crippen molar-refractivity contribution in [1.29, 1.82) is 0 Å². The lowest BCUT2D eigenvalue weighted by Gasteiger charge is -2.35. The molecule has 11 heteroatoms. The van der Waals surface area contributed by atoms with E-state index < -0.39 is 5.82 Å². The Hall–Kier alpha value is -4.02. The van der Waals surface area contributed by atoms with Gasteiger partial charge in [-0.3, -0.25) is 9.78 Å². The van der Waals surface area contributed by atoms with E-state index in [1.54, 1.807) is 29.5 Å². The highest BCUT2D eigenvalue weighted by atomic mass is 19.1. The maximum atomic E-state index is 13.6. The number of piperidine rings is 1. The van der Waals surface area contributed by atoms with Crippen molar-refractivity contribution in [3.63, 3.8) is 0 Å². The van der Waals surface area contributed by atoms with Crippen LogP contribution in [0.4, 0.5) is 4.39 Å². The first-order chi connectivity index (χ1) is 16.1. The summed E-state index contributed by atoms with van der Waals surface area (Å²) in [6.45, 7) is 2.91. The number of carbonyl (C=O) groups excluding carboxylic acids is 1. The number of rotatable bonds is 5. The van der Waals surface area contributed by atoms with Crippen LogP contribution in [0.5, 0.6) is 0 Å². The molecule has 33 heavy (non-hydrogen) atoms. The lowest BCUT2D eigenvalue weighted by Crippen LogP contribution is -2.46. The fourth-order valence-electron chi connectivity index (χ4n) is 4.02. The minimum Gasteiger partial charge on any atom is -0.332 e. The number of aromatic nitrogens is 8. The Morgan fingerprint density at radius 3 is 2.70 bits per heavy atom. The summed E-state index contributed by atoms with van der Waals surface area (Å²) < 4.78 is 13.2. The maximum Gasteiger partial charge on any atom is 0.275 e. The van der Waals surface area contributed by atoms with E-state index in [0.717, 1.165) is 31.2 Å². The summed E-state index contributed by atoms with van der Waals surface area (Å²) in [6.07, 6.45) is 8.63. The number of likely N-dealkylation sites (tertiary alicyclic amines) is 1. The third-order valence-corrected chi connectivity index (χ3v) is 5.64. The summed E-state index contributed by atoms with van der Waals surface area (Å²) in [6, 6.07) is 6.46. The van der Waals surface area contributed by atoms with Gasteiger partial charge in [0.2, 0.25) is 0 Å². The summed E-state index contributed by atoms with van der Waals surface area (Å²) in [5.74, 6) is -0.569. The van der Waals surface area contributed by atoms with Crippen LogP contribution in [0, 0.1) is 12.7 Å². The summed E-state index contributed by atoms with van der Waals surface area (Å²) in [5.41, 5.74) is 2.70. The van der Waals surface area contributed by atoms with Crippen molar-refractivity contribution in [1.82, 2.24) is 44.9 Å². The van der Waals surface area contributed by atoms with E-state index in [2.05, 4.69) is 30.4 Å². The summed E-state index contributed by atoms with van der Waals surface area (Å²) in [4.78, 5) is 27.0. The molecule has 5 rings (SSSR count). The van der Waals surface area contributed by atoms with Gasteiger partial charge >= 0.3 is 0 Å². The van der Waals surface area contributed by atoms with Gasteiger partial charge in [0.25, 0.3) is 5.91 Å². The van der Waals surface area contributed by atoms with Crippen LogP contribution in [0.3, 0.4) is 0 Å². The average molecular weight is 447 g/mol. The first-order valence-corrected chi connectivity index (χ1v) is 10.8. The van der Waals surface area contributed by atoms with Crippen molar-refractivity contribution in [3.05, 3.63) is 66.3 Å². The molecular formula is C22H22FN9O. The van der Waals surface area contributed by atoms with Gasteiger partial charge in [0, 0.05) is 12.2 Å². The Bertz CT molecular complexity index is 1250. The standard InChI is InChI=1S/C22H22FN9O/c1-15-5-8-20(32-25-9-10-26-32)21(28-15)22(33)30-11-3-2-4-17(30)14-31-27-13-19(29-31)18-7-6-16(23)12-24-18/h5-10,12-13,17H,2-4,11,14H2,1H3/t17-/m0/s1. The second kappa shape index (κ2) is 8.85. The third kappa shape index (κ3) is 4.34. The molecule has 1 aliphatic heterocycles. The van der Waals surface area contributed by atoms with E-state index in [4.69, 9.17) is 0 Å². The van der Waals surface area contributed by atoms with E-state index in [0.29, 0.717) is 35.9 Å². The molecule has 0 bridgehead atoms. The number of aryl methyl sites for hydroxylation is 1. The molecule has 1 aliphatic rings. The van der Waals surface area contributed by atoms with Crippen molar-refractivity contribution in [2.75, 3.05) is 6.54 Å². The first-order valence-electron chi connectivity index (χ1n) is 10.8. The average Bonchev–Trinajstić information content (AvgIpc) is 3.52. The summed E-state index contributed by atoms with van der Waals surface area (Å²) in [5, 5.41) is 17.2. The molecule has 5 heterocycles. The van der Waals surface area contributed by atoms with E-state index in [1.807, 2.05) is 24.0 Å². The van der Waals surface area contributed by atoms with E-state index in [1.165, 1.54) is 10.9 Å². The van der Waals surface area contributed by atoms with Crippen molar-refractivity contribution >= 4 is 5.91 Å². The molecule has 0 aromatic carbocycles. The lowest BCUT2D eigenvalue weighted by molar-refractivity contribution is 0.0570. The second-order valence-corrected chi connectivity index (χ2v) is 7.93. The SMILES string of the molecule is Cc1ccc(-n2nccn2)c(C(=O)N2CCCC[C@H]2Cn2ncc(-c3ccc(F)cn3)n2)n1. The number of hydrogen-bond acceptors (Lipinski definition) is 7. The summed E-state index contributed by atoms with van der Waals surface area (Å²) in [7, 11) is 0. The second-order valence-electron chi connectivity index (χ2n) is 7.93. The zero-order chi connectivity index (χ0) is 22.8. The largest absolute Gasteiger partial charge is 0.332 e. The molecule has 0 N–H and O–H groups in total. The Balaban J connectivity index is 1.39. The van der Waals surface area contributed by atoms with Gasteiger partial charge in [0.05, 0.1) is 43.1 Å². The number of pyridine rings is 2. The lowest BCUT2D eigenvalue weighted by atomic mass is 10.0. The highest BCUT2D eigenvalue weighted by Gasteiger charge is 2.31. The minimum atomic E-state index is -0.406. The Morgan fingerprint density at radius 2 is 1.91 bits per heavy atom. The number of hydrogen-bond donors (Lipinski definition) is 0. The molecule has 10 nitrogen and oxygen atoms in total. The Morgan fingerprint density at radius 1 is 1.06 bits per heavy atom. The minimum absolute atomic E-state index is 0.0894. The molecule has 4 aromatic rings. The highest BCUT2D eigenvalue weighted by molar-refractivity contribution is 5.96. The maximum absolute atomic E-state index is 13.6. The number of nitrogens with zero attached hydrogens (tertiary/aromatic N) is 9. The molecule has 0 aliphatic carbocycles. The zero-order valence-corrected chi connectivity index (χ0v) is 18.0. The normalized spacial score (nSPS) is 16.2. The van der Waals surface area contributed by atoms with Gasteiger partial charge in [-0.1, -0.05) is 0 Å². The summed E-state index contributed by atoms with van der Waals surface area (Å²) >= 11 is 0. The van der Waals surface area contributed by atoms with Gasteiger partial charge in [0.15, 0.2) is 5.69 Å². The van der Waals surface area contributed by atoms with Crippen molar-refractivity contribution in [2.45, 2.75) is 38.8 Å². The molecule has 0 radical (unpaired) electrons. The van der Waals surface area contributed by atoms with Gasteiger partial charge in [-0.2, -0.15) is 25.2 Å². The predicted octanol–water partition coefficient (Wildman–Crippen LogP) is 2.46. The van der Waals surface area contributed by atoms with Crippen LogP contribution in [0.2, 0.25) is 0 Å². The quantitative estimate of drug-likeness (QED) is 0.462. The van der Waals surface area contributed by atoms with Crippen molar-refractivity contribution < 1.29 is 9.18 Å². The fraction of sp³-hybridized carbons (Fsp3) is 0.318. The van der Waals surface area contributed by atoms with Gasteiger partial charge in [-0.15, -0.1) is 4.80 Å². The van der Waals surface area contributed by atoms with E-state index >= 15 is 0 Å². The topological polar surface area (TPSA) is 108 Å². The van der Waals surface area contributed by atoms with Crippen LogP contribution in [0.15, 0.2) is 49.1 Å². The smallest absolute Gasteiger partial charge is 0.275 e. The molecule has 0 spiro atoms. The van der Waals surface area contributed by atoms with E-state index in [-0.39, 0.29) is 11.9 Å². The fourth-order valence-corrected chi connectivity index (χ4v) is 4.02. The Kier molecular flexibility index (Phi) is 5.59. The van der Waals surface area contributed by atoms with Gasteiger partial charge < -0.3 is 4.90 Å². The number of carbonyl (C=O) groups is 1. The molecule has 168 valence electrons. The van der Waals surface area contributed by atoms with E-state index in [9.17, 15) is 9.18 Å². The van der Waals surface area contributed by atoms with Gasteiger partial charge in [-0.05, 0) is 50.5 Å². The van der Waals surface area contributed by atoms with Crippen LogP contribution in [-0.4, -0.2) is 63.3 Å². The highest BCUT2D eigenvalue weighted by Crippen LogP contribution is 2.23. The zero-order valence-electron chi connectivity index (χ0n) is 18.0. The monoisotopic (exact) mass is 447 g/mol. The molecule has 1 fully saturated rings. The number of halogens is 1. The molecule has 1 saturated heterocycles. The first kappa shape index (κ1) is 20.9. The predicted molar refractivity (Wildman–Crippen MR) is 116 cm³/mol.